The second kappa shape index (κ2) is 13.2. The van der Waals surface area contributed by atoms with Gasteiger partial charge < -0.3 is 28.3 Å². The number of nitro groups is 1. The molecule has 1 fully saturated rings. The molecule has 4 rings (SSSR count). The van der Waals surface area contributed by atoms with E-state index in [2.05, 4.69) is 10.6 Å². The number of methoxy groups -OCH3 is 2. The van der Waals surface area contributed by atoms with Gasteiger partial charge in [-0.1, -0.05) is 12.1 Å². The van der Waals surface area contributed by atoms with E-state index in [0.717, 1.165) is 5.46 Å². The van der Waals surface area contributed by atoms with Crippen LogP contribution in [0.2, 0.25) is 0 Å². The van der Waals surface area contributed by atoms with Crippen molar-refractivity contribution in [3.05, 3.63) is 81.9 Å². The number of nitrogens with zero attached hydrogens (tertiary/aromatic N) is 1. The standard InChI is InChI=1S/C30H34BN3O10/c1-29(2)30(3,4)44-31(43-29)21-9-7-19(25(15-21)39-5)17-42-28(36)33-23-10-8-20(26(16-23)40-6)18-41-27(35)32-22-11-13-24(14-12-22)34(37)38/h7-16H,17-18H2,1-6H3,(H,32,35)(H,33,36). The van der Waals surface area contributed by atoms with Crippen molar-refractivity contribution in [2.24, 2.45) is 0 Å². The van der Waals surface area contributed by atoms with Gasteiger partial charge in [-0.05, 0) is 63.5 Å². The maximum Gasteiger partial charge on any atom is 0.494 e. The summed E-state index contributed by atoms with van der Waals surface area (Å²) >= 11 is 0. The lowest BCUT2D eigenvalue weighted by Crippen LogP contribution is -2.41. The van der Waals surface area contributed by atoms with Crippen LogP contribution in [0.3, 0.4) is 0 Å². The Bertz CT molecular complexity index is 1510. The van der Waals surface area contributed by atoms with Gasteiger partial charge in [-0.2, -0.15) is 0 Å². The molecule has 3 aromatic rings. The number of non-ortho nitro benzene ring substituents is 1. The molecule has 0 aliphatic carbocycles. The van der Waals surface area contributed by atoms with E-state index in [9.17, 15) is 19.7 Å². The highest BCUT2D eigenvalue weighted by atomic mass is 16.7. The van der Waals surface area contributed by atoms with Crippen molar-refractivity contribution in [2.45, 2.75) is 52.1 Å². The highest BCUT2D eigenvalue weighted by Gasteiger charge is 2.51. The summed E-state index contributed by atoms with van der Waals surface area (Å²) in [5.41, 5.74) is 1.65. The van der Waals surface area contributed by atoms with Crippen LogP contribution in [0, 0.1) is 10.1 Å². The Hall–Kier alpha value is -4.82. The lowest BCUT2D eigenvalue weighted by Gasteiger charge is -2.32. The Morgan fingerprint density at radius 3 is 1.77 bits per heavy atom. The summed E-state index contributed by atoms with van der Waals surface area (Å²) in [7, 11) is 2.42. The van der Waals surface area contributed by atoms with Crippen molar-refractivity contribution in [1.82, 2.24) is 0 Å². The maximum absolute atomic E-state index is 12.6. The number of benzene rings is 3. The molecule has 0 saturated carbocycles. The van der Waals surface area contributed by atoms with Crippen molar-refractivity contribution < 1.29 is 42.8 Å². The number of hydrogen-bond donors (Lipinski definition) is 2. The molecule has 1 heterocycles. The molecular weight excluding hydrogens is 573 g/mol. The van der Waals surface area contributed by atoms with Crippen molar-refractivity contribution in [3.8, 4) is 11.5 Å². The van der Waals surface area contributed by atoms with Gasteiger partial charge in [0.2, 0.25) is 0 Å². The molecule has 2 N–H and O–H groups in total. The summed E-state index contributed by atoms with van der Waals surface area (Å²) in [4.78, 5) is 35.0. The predicted octanol–water partition coefficient (Wildman–Crippen LogP) is 5.41. The van der Waals surface area contributed by atoms with E-state index in [1.54, 1.807) is 30.3 Å². The molecule has 0 unspecified atom stereocenters. The van der Waals surface area contributed by atoms with Crippen molar-refractivity contribution in [2.75, 3.05) is 24.9 Å². The first-order valence-electron chi connectivity index (χ1n) is 13.6. The largest absolute Gasteiger partial charge is 0.496 e. The monoisotopic (exact) mass is 607 g/mol. The predicted molar refractivity (Wildman–Crippen MR) is 162 cm³/mol. The Morgan fingerprint density at radius 1 is 0.773 bits per heavy atom. The summed E-state index contributed by atoms with van der Waals surface area (Å²) < 4.78 is 33.8. The molecule has 14 heteroatoms. The summed E-state index contributed by atoms with van der Waals surface area (Å²) in [6, 6.07) is 15.6. The van der Waals surface area contributed by atoms with E-state index in [1.165, 1.54) is 38.5 Å². The number of carbonyl (C=O) groups is 2. The first-order chi connectivity index (χ1) is 20.8. The van der Waals surface area contributed by atoms with Crippen LogP contribution in [0.25, 0.3) is 0 Å². The number of ether oxygens (including phenoxy) is 4. The highest BCUT2D eigenvalue weighted by Crippen LogP contribution is 2.37. The lowest BCUT2D eigenvalue weighted by atomic mass is 9.78. The first kappa shape index (κ1) is 32.1. The second-order valence-corrected chi connectivity index (χ2v) is 10.9. The SMILES string of the molecule is COc1cc(NC(=O)OCc2ccc(B3OC(C)(C)C(C)(C)O3)cc2OC)ccc1COC(=O)Nc1ccc([N+](=O)[O-])cc1. The fourth-order valence-electron chi connectivity index (χ4n) is 4.21. The van der Waals surface area contributed by atoms with E-state index in [4.69, 9.17) is 28.3 Å². The van der Waals surface area contributed by atoms with Gasteiger partial charge in [-0.15, -0.1) is 0 Å². The lowest BCUT2D eigenvalue weighted by molar-refractivity contribution is -0.384. The number of nitrogens with one attached hydrogen (secondary N) is 2. The fourth-order valence-corrected chi connectivity index (χ4v) is 4.21. The Labute approximate surface area is 255 Å². The third-order valence-corrected chi connectivity index (χ3v) is 7.41. The number of hydrogen-bond acceptors (Lipinski definition) is 10. The van der Waals surface area contributed by atoms with Crippen LogP contribution in [0.1, 0.15) is 38.8 Å². The number of carbonyl (C=O) groups excluding carboxylic acids is 2. The van der Waals surface area contributed by atoms with Crippen LogP contribution in [0.15, 0.2) is 60.7 Å². The molecule has 1 saturated heterocycles. The van der Waals surface area contributed by atoms with Gasteiger partial charge in [-0.3, -0.25) is 20.7 Å². The number of nitro benzene ring substituents is 1. The molecule has 0 radical (unpaired) electrons. The van der Waals surface area contributed by atoms with Crippen LogP contribution in [0.4, 0.5) is 26.7 Å². The minimum atomic E-state index is -0.758. The van der Waals surface area contributed by atoms with Gasteiger partial charge in [0.25, 0.3) is 5.69 Å². The molecule has 1 aliphatic heterocycles. The Morgan fingerprint density at radius 2 is 1.25 bits per heavy atom. The minimum absolute atomic E-state index is 0.0500. The van der Waals surface area contributed by atoms with E-state index in [0.29, 0.717) is 34.0 Å². The molecular formula is C30H34BN3O10. The van der Waals surface area contributed by atoms with Crippen molar-refractivity contribution in [3.63, 3.8) is 0 Å². The number of amides is 2. The minimum Gasteiger partial charge on any atom is -0.496 e. The molecule has 0 bridgehead atoms. The fraction of sp³-hybridized carbons (Fsp3) is 0.333. The maximum atomic E-state index is 12.6. The molecule has 3 aromatic carbocycles. The van der Waals surface area contributed by atoms with E-state index in [1.807, 2.05) is 33.8 Å². The quantitative estimate of drug-likeness (QED) is 0.174. The van der Waals surface area contributed by atoms with Gasteiger partial charge in [-0.25, -0.2) is 9.59 Å². The summed E-state index contributed by atoms with van der Waals surface area (Å²) in [6.45, 7) is 7.74. The first-order valence-corrected chi connectivity index (χ1v) is 13.6. The third kappa shape index (κ3) is 7.57. The van der Waals surface area contributed by atoms with E-state index >= 15 is 0 Å². The topological polar surface area (TPSA) is 157 Å². The average Bonchev–Trinajstić information content (AvgIpc) is 3.21. The van der Waals surface area contributed by atoms with Crippen LogP contribution < -0.4 is 25.6 Å². The normalized spacial score (nSPS) is 14.8. The van der Waals surface area contributed by atoms with Crippen molar-refractivity contribution >= 4 is 41.8 Å². The van der Waals surface area contributed by atoms with Gasteiger partial charge in [0.1, 0.15) is 24.7 Å². The molecule has 1 aliphatic rings. The van der Waals surface area contributed by atoms with Crippen molar-refractivity contribution in [1.29, 1.82) is 0 Å². The Kier molecular flexibility index (Phi) is 9.65. The smallest absolute Gasteiger partial charge is 0.494 e. The second-order valence-electron chi connectivity index (χ2n) is 10.9. The van der Waals surface area contributed by atoms with Crippen LogP contribution in [-0.4, -0.2) is 49.6 Å². The van der Waals surface area contributed by atoms with Crippen LogP contribution in [0.5, 0.6) is 11.5 Å². The zero-order valence-corrected chi connectivity index (χ0v) is 25.3. The molecule has 0 spiro atoms. The summed E-state index contributed by atoms with van der Waals surface area (Å²) in [6.07, 6.45) is -1.46. The number of anilines is 2. The van der Waals surface area contributed by atoms with Gasteiger partial charge in [0, 0.05) is 40.7 Å². The molecule has 2 amide bonds. The molecule has 13 nitrogen and oxygen atoms in total. The summed E-state index contributed by atoms with van der Waals surface area (Å²) in [5.74, 6) is 0.888. The van der Waals surface area contributed by atoms with Crippen LogP contribution in [-0.2, 0) is 32.0 Å². The van der Waals surface area contributed by atoms with Gasteiger partial charge >= 0.3 is 19.3 Å². The molecule has 232 valence electrons. The van der Waals surface area contributed by atoms with Gasteiger partial charge in [0.05, 0.1) is 30.3 Å². The number of rotatable bonds is 10. The van der Waals surface area contributed by atoms with Crippen LogP contribution >= 0.6 is 0 Å². The average molecular weight is 607 g/mol. The molecule has 0 aromatic heterocycles. The third-order valence-electron chi connectivity index (χ3n) is 7.41. The highest BCUT2D eigenvalue weighted by molar-refractivity contribution is 6.62. The summed E-state index contributed by atoms with van der Waals surface area (Å²) in [5, 5.41) is 15.9. The van der Waals surface area contributed by atoms with E-state index in [-0.39, 0.29) is 18.9 Å². The Balaban J connectivity index is 1.30. The van der Waals surface area contributed by atoms with E-state index < -0.39 is 35.4 Å². The zero-order chi connectivity index (χ0) is 32.1. The zero-order valence-electron chi connectivity index (χ0n) is 25.3. The molecule has 0 atom stereocenters. The molecule has 44 heavy (non-hydrogen) atoms. The van der Waals surface area contributed by atoms with Gasteiger partial charge in [0.15, 0.2) is 0 Å².